The molecule has 0 amide bonds. The Morgan fingerprint density at radius 1 is 1.08 bits per heavy atom. The summed E-state index contributed by atoms with van der Waals surface area (Å²) in [7, 11) is 0. The average molecular weight is 368 g/mol. The van der Waals surface area contributed by atoms with E-state index in [0.29, 0.717) is 15.6 Å². The lowest BCUT2D eigenvalue weighted by atomic mass is 10.1. The summed E-state index contributed by atoms with van der Waals surface area (Å²) in [5.41, 5.74) is 2.50. The van der Waals surface area contributed by atoms with Crippen LogP contribution in [-0.4, -0.2) is 19.9 Å². The van der Waals surface area contributed by atoms with Gasteiger partial charge in [-0.15, -0.1) is 0 Å². The number of phenolic OH excluding ortho intramolecular Hbond substituents is 1. The van der Waals surface area contributed by atoms with Crippen LogP contribution in [-0.2, 0) is 0 Å². The first-order chi connectivity index (χ1) is 12.1. The summed E-state index contributed by atoms with van der Waals surface area (Å²) in [5.74, 6) is 0.703. The second kappa shape index (κ2) is 6.02. The molecule has 0 spiro atoms. The zero-order valence-corrected chi connectivity index (χ0v) is 14.9. The fourth-order valence-electron chi connectivity index (χ4n) is 3.02. The smallest absolute Gasteiger partial charge is 0.200 e. The van der Waals surface area contributed by atoms with Gasteiger partial charge in [-0.25, -0.2) is 0 Å². The fourth-order valence-corrected chi connectivity index (χ4v) is 3.41. The van der Waals surface area contributed by atoms with Crippen LogP contribution in [0.25, 0.3) is 27.8 Å². The van der Waals surface area contributed by atoms with Gasteiger partial charge < -0.3 is 5.11 Å². The molecule has 0 radical (unpaired) electrons. The van der Waals surface area contributed by atoms with E-state index in [9.17, 15) is 5.11 Å². The first-order valence-corrected chi connectivity index (χ1v) is 8.50. The van der Waals surface area contributed by atoms with Gasteiger partial charge in [0.15, 0.2) is 10.6 Å². The molecule has 4 rings (SSSR count). The second-order valence-electron chi connectivity index (χ2n) is 5.76. The van der Waals surface area contributed by atoms with E-state index in [1.54, 1.807) is 12.1 Å². The van der Waals surface area contributed by atoms with Crippen molar-refractivity contribution >= 4 is 34.6 Å². The molecule has 0 bridgehead atoms. The molecule has 3 aromatic carbocycles. The van der Waals surface area contributed by atoms with E-state index in [0.717, 1.165) is 27.6 Å². The highest BCUT2D eigenvalue weighted by Gasteiger charge is 2.17. The van der Waals surface area contributed by atoms with Crippen LogP contribution in [0.3, 0.4) is 0 Å². The Bertz CT molecular complexity index is 1160. The van der Waals surface area contributed by atoms with E-state index in [4.69, 9.17) is 23.8 Å². The van der Waals surface area contributed by atoms with Gasteiger partial charge >= 0.3 is 0 Å². The van der Waals surface area contributed by atoms with Crippen molar-refractivity contribution in [3.05, 3.63) is 70.0 Å². The number of aromatic hydroxyl groups is 1. The van der Waals surface area contributed by atoms with Crippen molar-refractivity contribution in [2.24, 2.45) is 0 Å². The summed E-state index contributed by atoms with van der Waals surface area (Å²) >= 11 is 11.7. The van der Waals surface area contributed by atoms with E-state index in [2.05, 4.69) is 28.4 Å². The predicted octanol–water partition coefficient (Wildman–Crippen LogP) is 5.42. The zero-order valence-electron chi connectivity index (χ0n) is 13.3. The summed E-state index contributed by atoms with van der Waals surface area (Å²) in [6.45, 7) is 1.85. The summed E-state index contributed by atoms with van der Waals surface area (Å²) < 4.78 is 2.39. The number of nitrogens with one attached hydrogen (secondary N) is 1. The number of fused-ring (bicyclic) bond motifs is 1. The number of hydrogen-bond donors (Lipinski definition) is 2. The Balaban J connectivity index is 2.04. The highest BCUT2D eigenvalue weighted by Crippen LogP contribution is 2.35. The summed E-state index contributed by atoms with van der Waals surface area (Å²) in [6.07, 6.45) is 0. The van der Waals surface area contributed by atoms with Crippen molar-refractivity contribution < 1.29 is 5.11 Å². The van der Waals surface area contributed by atoms with E-state index in [-0.39, 0.29) is 5.75 Å². The van der Waals surface area contributed by atoms with E-state index >= 15 is 0 Å². The minimum absolute atomic E-state index is 0.0498. The fraction of sp³-hybridized carbons (Fsp3) is 0.0526. The highest BCUT2D eigenvalue weighted by atomic mass is 35.5. The lowest BCUT2D eigenvalue weighted by Gasteiger charge is -2.13. The molecule has 0 aliphatic carbocycles. The molecule has 4 nitrogen and oxygen atoms in total. The highest BCUT2D eigenvalue weighted by molar-refractivity contribution is 7.71. The van der Waals surface area contributed by atoms with Crippen LogP contribution in [0, 0.1) is 11.7 Å². The van der Waals surface area contributed by atoms with Crippen LogP contribution in [0.15, 0.2) is 54.6 Å². The molecular formula is C19H14ClN3OS. The third-order valence-electron chi connectivity index (χ3n) is 4.29. The van der Waals surface area contributed by atoms with E-state index < -0.39 is 0 Å². The van der Waals surface area contributed by atoms with Crippen LogP contribution in [0.4, 0.5) is 0 Å². The maximum absolute atomic E-state index is 9.82. The van der Waals surface area contributed by atoms with E-state index in [1.165, 1.54) is 0 Å². The van der Waals surface area contributed by atoms with Crippen molar-refractivity contribution in [2.45, 2.75) is 6.92 Å². The predicted molar refractivity (Wildman–Crippen MR) is 103 cm³/mol. The van der Waals surface area contributed by atoms with Gasteiger partial charge in [0.05, 0.1) is 10.7 Å². The van der Waals surface area contributed by atoms with Crippen LogP contribution in [0.1, 0.15) is 5.56 Å². The van der Waals surface area contributed by atoms with Gasteiger partial charge in [-0.05, 0) is 48.3 Å². The standard InChI is InChI=1S/C19H14ClN3OS/c1-11-13(9-10-16(24)17(11)20)18-21-22-19(25)23(18)15-8-4-6-12-5-2-3-7-14(12)15/h2-10,24H,1H3,(H,22,25). The van der Waals surface area contributed by atoms with Gasteiger partial charge in [0.25, 0.3) is 0 Å². The van der Waals surface area contributed by atoms with Crippen molar-refractivity contribution in [1.82, 2.24) is 14.8 Å². The summed E-state index contributed by atoms with van der Waals surface area (Å²) in [4.78, 5) is 0. The SMILES string of the molecule is Cc1c(-c2n[nH]c(=S)n2-c2cccc3ccccc23)ccc(O)c1Cl. The molecule has 0 saturated carbocycles. The van der Waals surface area contributed by atoms with Gasteiger partial charge in [0, 0.05) is 10.9 Å². The minimum Gasteiger partial charge on any atom is -0.506 e. The molecule has 124 valence electrons. The van der Waals surface area contributed by atoms with Crippen LogP contribution in [0.2, 0.25) is 5.02 Å². The first-order valence-electron chi connectivity index (χ1n) is 7.72. The lowest BCUT2D eigenvalue weighted by molar-refractivity contribution is 0.475. The Hall–Kier alpha value is -2.63. The molecule has 1 aromatic heterocycles. The van der Waals surface area contributed by atoms with Crippen LogP contribution >= 0.6 is 23.8 Å². The van der Waals surface area contributed by atoms with Gasteiger partial charge in [0.1, 0.15) is 5.75 Å². The number of phenols is 1. The number of rotatable bonds is 2. The topological polar surface area (TPSA) is 53.8 Å². The first kappa shape index (κ1) is 15.9. The third kappa shape index (κ3) is 2.52. The largest absolute Gasteiger partial charge is 0.506 e. The second-order valence-corrected chi connectivity index (χ2v) is 6.52. The normalized spacial score (nSPS) is 11.1. The van der Waals surface area contributed by atoms with Crippen molar-refractivity contribution in [2.75, 3.05) is 0 Å². The number of H-pyrrole nitrogens is 1. The maximum Gasteiger partial charge on any atom is 0.200 e. The van der Waals surface area contributed by atoms with Gasteiger partial charge in [-0.3, -0.25) is 9.67 Å². The zero-order chi connectivity index (χ0) is 17.6. The molecule has 2 N–H and O–H groups in total. The van der Waals surface area contributed by atoms with Crippen molar-refractivity contribution in [3.63, 3.8) is 0 Å². The van der Waals surface area contributed by atoms with Gasteiger partial charge in [-0.1, -0.05) is 48.0 Å². The van der Waals surface area contributed by atoms with Gasteiger partial charge in [0.2, 0.25) is 0 Å². The van der Waals surface area contributed by atoms with Crippen molar-refractivity contribution in [1.29, 1.82) is 0 Å². The molecule has 4 aromatic rings. The Morgan fingerprint density at radius 3 is 2.68 bits per heavy atom. The lowest BCUT2D eigenvalue weighted by Crippen LogP contribution is -2.00. The number of benzene rings is 3. The number of aromatic amines is 1. The molecule has 1 heterocycles. The minimum atomic E-state index is 0.0498. The number of aromatic nitrogens is 3. The van der Waals surface area contributed by atoms with Crippen molar-refractivity contribution in [3.8, 4) is 22.8 Å². The summed E-state index contributed by atoms with van der Waals surface area (Å²) in [6, 6.07) is 17.5. The van der Waals surface area contributed by atoms with Gasteiger partial charge in [-0.2, -0.15) is 5.10 Å². The van der Waals surface area contributed by atoms with Crippen LogP contribution in [0.5, 0.6) is 5.75 Å². The molecule has 25 heavy (non-hydrogen) atoms. The Kier molecular flexibility index (Phi) is 3.82. The summed E-state index contributed by atoms with van der Waals surface area (Å²) in [5, 5.41) is 19.6. The third-order valence-corrected chi connectivity index (χ3v) is 5.04. The maximum atomic E-state index is 9.82. The monoisotopic (exact) mass is 367 g/mol. The average Bonchev–Trinajstić information content (AvgIpc) is 3.00. The van der Waals surface area contributed by atoms with Crippen LogP contribution < -0.4 is 0 Å². The Labute approximate surface area is 154 Å². The molecular weight excluding hydrogens is 354 g/mol. The Morgan fingerprint density at radius 2 is 1.84 bits per heavy atom. The molecule has 0 unspecified atom stereocenters. The molecule has 6 heteroatoms. The quantitative estimate of drug-likeness (QED) is 0.465. The number of nitrogens with zero attached hydrogens (tertiary/aromatic N) is 2. The van der Waals surface area contributed by atoms with E-state index in [1.807, 2.05) is 35.8 Å². The number of halogens is 1. The molecule has 0 saturated heterocycles. The number of hydrogen-bond acceptors (Lipinski definition) is 3. The molecule has 0 aliphatic heterocycles. The molecule has 0 fully saturated rings. The molecule has 0 aliphatic rings. The molecule has 0 atom stereocenters.